The molecule has 2 aliphatic rings. The lowest BCUT2D eigenvalue weighted by atomic mass is 10.1. The van der Waals surface area contributed by atoms with Gasteiger partial charge in [-0.3, -0.25) is 9.89 Å². The number of piperidine rings is 1. The molecule has 0 radical (unpaired) electrons. The van der Waals surface area contributed by atoms with Gasteiger partial charge in [0.15, 0.2) is 5.96 Å². The van der Waals surface area contributed by atoms with E-state index in [2.05, 4.69) is 61.6 Å². The maximum absolute atomic E-state index is 4.35. The predicted molar refractivity (Wildman–Crippen MR) is 118 cm³/mol. The number of guanidine groups is 1. The topological polar surface area (TPSA) is 46.1 Å². The van der Waals surface area contributed by atoms with E-state index < -0.39 is 0 Å². The van der Waals surface area contributed by atoms with Crippen molar-refractivity contribution in [1.29, 1.82) is 0 Å². The fourth-order valence-corrected chi connectivity index (χ4v) is 3.95. The van der Waals surface area contributed by atoms with Crippen LogP contribution in [0.25, 0.3) is 0 Å². The summed E-state index contributed by atoms with van der Waals surface area (Å²) in [5.41, 5.74) is 2.69. The zero-order valence-electron chi connectivity index (χ0n) is 17.8. The van der Waals surface area contributed by atoms with Gasteiger partial charge >= 0.3 is 0 Å². The van der Waals surface area contributed by atoms with Gasteiger partial charge in [0.05, 0.1) is 0 Å². The highest BCUT2D eigenvalue weighted by atomic mass is 15.2. The number of likely N-dealkylation sites (tertiary alicyclic amines) is 1. The highest BCUT2D eigenvalue weighted by Crippen LogP contribution is 2.10. The zero-order valence-corrected chi connectivity index (χ0v) is 17.8. The van der Waals surface area contributed by atoms with E-state index in [0.29, 0.717) is 0 Å². The Bertz CT molecular complexity index is 586. The molecule has 28 heavy (non-hydrogen) atoms. The average molecular weight is 387 g/mol. The average Bonchev–Trinajstić information content (AvgIpc) is 2.74. The molecule has 0 amide bonds. The number of aliphatic imine (C=N–C) groups is 1. The second-order valence-electron chi connectivity index (χ2n) is 8.15. The summed E-state index contributed by atoms with van der Waals surface area (Å²) < 4.78 is 0. The lowest BCUT2D eigenvalue weighted by Crippen LogP contribution is -2.43. The van der Waals surface area contributed by atoms with Crippen LogP contribution in [0, 0.1) is 0 Å². The number of nitrogens with one attached hydrogen (secondary N) is 2. The fourth-order valence-electron chi connectivity index (χ4n) is 3.95. The molecule has 2 heterocycles. The molecule has 6 nitrogen and oxygen atoms in total. The molecule has 0 aromatic heterocycles. The molecule has 2 saturated heterocycles. The number of rotatable bonds is 7. The summed E-state index contributed by atoms with van der Waals surface area (Å²) in [5.74, 6) is 0.888. The molecule has 156 valence electrons. The summed E-state index contributed by atoms with van der Waals surface area (Å²) in [6.07, 6.45) is 4.08. The van der Waals surface area contributed by atoms with Crippen LogP contribution in [0.5, 0.6) is 0 Å². The Labute approximate surface area is 171 Å². The summed E-state index contributed by atoms with van der Waals surface area (Å²) >= 11 is 0. The van der Waals surface area contributed by atoms with Crippen molar-refractivity contribution in [2.45, 2.75) is 32.4 Å². The molecule has 0 bridgehead atoms. The molecule has 1 aromatic rings. The van der Waals surface area contributed by atoms with E-state index in [9.17, 15) is 0 Å². The first-order chi connectivity index (χ1) is 13.7. The number of hydrogen-bond acceptors (Lipinski definition) is 4. The SMILES string of the molecule is CN=C(NCCN1CCCCC1)NCc1ccc(CN2CCN(C)CC2)cc1. The van der Waals surface area contributed by atoms with Crippen molar-refractivity contribution >= 4 is 5.96 Å². The molecule has 2 aliphatic heterocycles. The number of piperazine rings is 1. The smallest absolute Gasteiger partial charge is 0.191 e. The van der Waals surface area contributed by atoms with Gasteiger partial charge in [0.2, 0.25) is 0 Å². The minimum atomic E-state index is 0.804. The molecule has 0 spiro atoms. The van der Waals surface area contributed by atoms with Gasteiger partial charge in [-0.05, 0) is 44.1 Å². The lowest BCUT2D eigenvalue weighted by Gasteiger charge is -2.32. The summed E-state index contributed by atoms with van der Waals surface area (Å²) in [5, 5.41) is 6.88. The van der Waals surface area contributed by atoms with Crippen LogP contribution in [0.2, 0.25) is 0 Å². The second-order valence-corrected chi connectivity index (χ2v) is 8.15. The monoisotopic (exact) mass is 386 g/mol. The maximum atomic E-state index is 4.35. The Kier molecular flexibility index (Phi) is 8.58. The van der Waals surface area contributed by atoms with Crippen LogP contribution in [-0.2, 0) is 13.1 Å². The Morgan fingerprint density at radius 1 is 0.857 bits per heavy atom. The van der Waals surface area contributed by atoms with Gasteiger partial charge in [-0.25, -0.2) is 0 Å². The maximum Gasteiger partial charge on any atom is 0.191 e. The Balaban J connectivity index is 1.35. The van der Waals surface area contributed by atoms with Crippen LogP contribution in [0.3, 0.4) is 0 Å². The Morgan fingerprint density at radius 2 is 1.54 bits per heavy atom. The highest BCUT2D eigenvalue weighted by Gasteiger charge is 2.13. The third-order valence-corrected chi connectivity index (χ3v) is 5.88. The summed E-state index contributed by atoms with van der Waals surface area (Å²) in [4.78, 5) is 11.8. The van der Waals surface area contributed by atoms with Crippen molar-refractivity contribution in [1.82, 2.24) is 25.3 Å². The van der Waals surface area contributed by atoms with Crippen molar-refractivity contribution in [3.8, 4) is 0 Å². The second kappa shape index (κ2) is 11.4. The van der Waals surface area contributed by atoms with E-state index >= 15 is 0 Å². The van der Waals surface area contributed by atoms with Crippen molar-refractivity contribution in [2.75, 3.05) is 66.5 Å². The molecular formula is C22H38N6. The molecule has 2 N–H and O–H groups in total. The fraction of sp³-hybridized carbons (Fsp3) is 0.682. The number of benzene rings is 1. The van der Waals surface area contributed by atoms with E-state index in [1.165, 1.54) is 69.7 Å². The van der Waals surface area contributed by atoms with Gasteiger partial charge in [-0.1, -0.05) is 30.7 Å². The van der Waals surface area contributed by atoms with Crippen LogP contribution >= 0.6 is 0 Å². The molecular weight excluding hydrogens is 348 g/mol. The summed E-state index contributed by atoms with van der Waals surface area (Å²) in [6, 6.07) is 9.00. The third kappa shape index (κ3) is 7.08. The number of nitrogens with zero attached hydrogens (tertiary/aromatic N) is 4. The van der Waals surface area contributed by atoms with E-state index in [-0.39, 0.29) is 0 Å². The molecule has 0 saturated carbocycles. The molecule has 2 fully saturated rings. The van der Waals surface area contributed by atoms with Crippen molar-refractivity contribution < 1.29 is 0 Å². The quantitative estimate of drug-likeness (QED) is 0.550. The van der Waals surface area contributed by atoms with E-state index in [1.807, 2.05) is 7.05 Å². The zero-order chi connectivity index (χ0) is 19.6. The molecule has 1 aromatic carbocycles. The van der Waals surface area contributed by atoms with Crippen LogP contribution < -0.4 is 10.6 Å². The first-order valence-corrected chi connectivity index (χ1v) is 10.9. The summed E-state index contributed by atoms with van der Waals surface area (Å²) in [6.45, 7) is 11.1. The van der Waals surface area contributed by atoms with Gasteiger partial charge in [-0.2, -0.15) is 0 Å². The standard InChI is InChI=1S/C22H38N6/c1-23-22(24-10-13-27-11-4-3-5-12-27)25-18-20-6-8-21(9-7-20)19-28-16-14-26(2)15-17-28/h6-9H,3-5,10-19H2,1-2H3,(H2,23,24,25). The number of likely N-dealkylation sites (N-methyl/N-ethyl adjacent to an activating group) is 1. The van der Waals surface area contributed by atoms with Gasteiger partial charge in [0.25, 0.3) is 0 Å². The first-order valence-electron chi connectivity index (χ1n) is 10.9. The molecule has 0 atom stereocenters. The third-order valence-electron chi connectivity index (χ3n) is 5.88. The van der Waals surface area contributed by atoms with Gasteiger partial charge in [0.1, 0.15) is 0 Å². The molecule has 3 rings (SSSR count). The van der Waals surface area contributed by atoms with Crippen LogP contribution in [0.4, 0.5) is 0 Å². The van der Waals surface area contributed by atoms with E-state index in [0.717, 1.165) is 32.1 Å². The largest absolute Gasteiger partial charge is 0.355 e. The molecule has 0 aliphatic carbocycles. The van der Waals surface area contributed by atoms with E-state index in [4.69, 9.17) is 0 Å². The van der Waals surface area contributed by atoms with Gasteiger partial charge in [0, 0.05) is 59.4 Å². The van der Waals surface area contributed by atoms with Crippen molar-refractivity contribution in [2.24, 2.45) is 4.99 Å². The normalized spacial score (nSPS) is 20.3. The molecule has 6 heteroatoms. The van der Waals surface area contributed by atoms with Crippen LogP contribution in [0.15, 0.2) is 29.3 Å². The van der Waals surface area contributed by atoms with Crippen molar-refractivity contribution in [3.05, 3.63) is 35.4 Å². The number of hydrogen-bond donors (Lipinski definition) is 2. The minimum Gasteiger partial charge on any atom is -0.355 e. The van der Waals surface area contributed by atoms with Crippen LogP contribution in [0.1, 0.15) is 30.4 Å². The molecule has 0 unspecified atom stereocenters. The first kappa shape index (κ1) is 21.1. The van der Waals surface area contributed by atoms with E-state index in [1.54, 1.807) is 0 Å². The Hall–Kier alpha value is -1.63. The highest BCUT2D eigenvalue weighted by molar-refractivity contribution is 5.79. The summed E-state index contributed by atoms with van der Waals surface area (Å²) in [7, 11) is 4.05. The van der Waals surface area contributed by atoms with Crippen molar-refractivity contribution in [3.63, 3.8) is 0 Å². The minimum absolute atomic E-state index is 0.804. The van der Waals surface area contributed by atoms with Crippen LogP contribution in [-0.4, -0.2) is 87.1 Å². The van der Waals surface area contributed by atoms with Gasteiger partial charge in [-0.15, -0.1) is 0 Å². The predicted octanol–water partition coefficient (Wildman–Crippen LogP) is 1.58. The van der Waals surface area contributed by atoms with Gasteiger partial charge < -0.3 is 20.4 Å². The Morgan fingerprint density at radius 3 is 2.21 bits per heavy atom. The lowest BCUT2D eigenvalue weighted by molar-refractivity contribution is 0.148.